The van der Waals surface area contributed by atoms with E-state index < -0.39 is 0 Å². The summed E-state index contributed by atoms with van der Waals surface area (Å²) >= 11 is 12.2. The van der Waals surface area contributed by atoms with E-state index in [9.17, 15) is 4.79 Å². The quantitative estimate of drug-likeness (QED) is 0.650. The minimum Gasteiger partial charge on any atom is -0.356 e. The molecule has 2 unspecified atom stereocenters. The van der Waals surface area contributed by atoms with Gasteiger partial charge in [-0.1, -0.05) is 48.0 Å². The molecule has 0 saturated carbocycles. The zero-order chi connectivity index (χ0) is 18.0. The molecule has 3 heterocycles. The highest BCUT2D eigenvalue weighted by molar-refractivity contribution is 7.80. The third-order valence-corrected chi connectivity index (χ3v) is 6.28. The zero-order valence-electron chi connectivity index (χ0n) is 14.1. The standard InChI is InChI=1S/C20H16ClN3OS/c1-23-19(25)16-10-13-11-6-3-5-9-15(11)22-17(13)18(24(16)20(23)26)12-7-2-4-8-14(12)21/h2-9,16,18,22H,10H2,1H3. The molecule has 2 aliphatic heterocycles. The van der Waals surface area contributed by atoms with E-state index in [0.717, 1.165) is 22.2 Å². The Labute approximate surface area is 161 Å². The van der Waals surface area contributed by atoms with Crippen LogP contribution in [0.1, 0.15) is 22.9 Å². The van der Waals surface area contributed by atoms with Crippen LogP contribution >= 0.6 is 23.8 Å². The molecule has 3 aromatic rings. The molecule has 1 saturated heterocycles. The summed E-state index contributed by atoms with van der Waals surface area (Å²) in [5.74, 6) is 0.0444. The fraction of sp³-hybridized carbons (Fsp3) is 0.200. The van der Waals surface area contributed by atoms with Gasteiger partial charge in [0.25, 0.3) is 5.91 Å². The van der Waals surface area contributed by atoms with E-state index in [-0.39, 0.29) is 18.0 Å². The molecule has 5 rings (SSSR count). The maximum absolute atomic E-state index is 12.8. The summed E-state index contributed by atoms with van der Waals surface area (Å²) in [6.07, 6.45) is 0.642. The van der Waals surface area contributed by atoms with Crippen LogP contribution in [0.15, 0.2) is 48.5 Å². The first-order valence-electron chi connectivity index (χ1n) is 8.51. The Morgan fingerprint density at radius 3 is 2.69 bits per heavy atom. The number of likely N-dealkylation sites (N-methyl/N-ethyl adjacent to an activating group) is 1. The number of aromatic nitrogens is 1. The maximum Gasteiger partial charge on any atom is 0.251 e. The lowest BCUT2D eigenvalue weighted by Crippen LogP contribution is -2.44. The first kappa shape index (κ1) is 15.9. The molecule has 2 aliphatic rings. The van der Waals surface area contributed by atoms with Crippen molar-refractivity contribution >= 4 is 45.7 Å². The monoisotopic (exact) mass is 381 g/mol. The molecule has 0 aliphatic carbocycles. The van der Waals surface area contributed by atoms with Crippen LogP contribution in [0, 0.1) is 0 Å². The van der Waals surface area contributed by atoms with Gasteiger partial charge in [-0.2, -0.15) is 0 Å². The number of aromatic amines is 1. The summed E-state index contributed by atoms with van der Waals surface area (Å²) < 4.78 is 0. The summed E-state index contributed by atoms with van der Waals surface area (Å²) in [5, 5.41) is 2.38. The summed E-state index contributed by atoms with van der Waals surface area (Å²) in [6.45, 7) is 0. The van der Waals surface area contributed by atoms with E-state index in [4.69, 9.17) is 23.8 Å². The Hall–Kier alpha value is -2.37. The fourth-order valence-corrected chi connectivity index (χ4v) is 4.79. The van der Waals surface area contributed by atoms with Crippen molar-refractivity contribution in [2.24, 2.45) is 0 Å². The lowest BCUT2D eigenvalue weighted by Gasteiger charge is -2.37. The predicted molar refractivity (Wildman–Crippen MR) is 106 cm³/mol. The van der Waals surface area contributed by atoms with Crippen molar-refractivity contribution in [1.82, 2.24) is 14.8 Å². The predicted octanol–water partition coefficient (Wildman–Crippen LogP) is 3.89. The summed E-state index contributed by atoms with van der Waals surface area (Å²) in [6, 6.07) is 15.5. The van der Waals surface area contributed by atoms with Crippen LogP contribution in [0.3, 0.4) is 0 Å². The van der Waals surface area contributed by atoms with E-state index >= 15 is 0 Å². The van der Waals surface area contributed by atoms with E-state index in [1.54, 1.807) is 11.9 Å². The van der Waals surface area contributed by atoms with E-state index in [1.165, 1.54) is 5.56 Å². The Morgan fingerprint density at radius 1 is 1.15 bits per heavy atom. The number of nitrogens with zero attached hydrogens (tertiary/aromatic N) is 2. The van der Waals surface area contributed by atoms with Gasteiger partial charge in [-0.05, 0) is 35.5 Å². The van der Waals surface area contributed by atoms with Crippen LogP contribution < -0.4 is 0 Å². The number of hydrogen-bond donors (Lipinski definition) is 1. The van der Waals surface area contributed by atoms with Crippen LogP contribution in [-0.2, 0) is 11.2 Å². The number of thiocarbonyl (C=S) groups is 1. The Bertz CT molecular complexity index is 1080. The number of carbonyl (C=O) groups excluding carboxylic acids is 1. The van der Waals surface area contributed by atoms with Crippen molar-refractivity contribution in [3.05, 3.63) is 70.4 Å². The van der Waals surface area contributed by atoms with Crippen molar-refractivity contribution in [1.29, 1.82) is 0 Å². The fourth-order valence-electron chi connectivity index (χ4n) is 4.23. The average molecular weight is 382 g/mol. The van der Waals surface area contributed by atoms with Crippen LogP contribution in [0.5, 0.6) is 0 Å². The molecular weight excluding hydrogens is 366 g/mol. The van der Waals surface area contributed by atoms with Gasteiger partial charge in [-0.15, -0.1) is 0 Å². The van der Waals surface area contributed by atoms with Crippen LogP contribution in [0.25, 0.3) is 10.9 Å². The van der Waals surface area contributed by atoms with E-state index in [1.807, 2.05) is 41.3 Å². The molecule has 2 aromatic carbocycles. The minimum atomic E-state index is -0.291. The van der Waals surface area contributed by atoms with Crippen molar-refractivity contribution in [3.8, 4) is 0 Å². The number of rotatable bonds is 1. The lowest BCUT2D eigenvalue weighted by molar-refractivity contribution is -0.127. The molecule has 1 aromatic heterocycles. The molecular formula is C20H16ClN3OS. The molecule has 0 spiro atoms. The van der Waals surface area contributed by atoms with Gasteiger partial charge in [0.05, 0.1) is 6.04 Å². The Kier molecular flexibility index (Phi) is 3.39. The molecule has 4 nitrogen and oxygen atoms in total. The van der Waals surface area contributed by atoms with Gasteiger partial charge < -0.3 is 9.88 Å². The van der Waals surface area contributed by atoms with Gasteiger partial charge in [0, 0.05) is 35.1 Å². The lowest BCUT2D eigenvalue weighted by atomic mass is 9.89. The molecule has 0 bridgehead atoms. The smallest absolute Gasteiger partial charge is 0.251 e. The number of fused-ring (bicyclic) bond motifs is 4. The van der Waals surface area contributed by atoms with Gasteiger partial charge in [-0.3, -0.25) is 9.69 Å². The first-order valence-corrected chi connectivity index (χ1v) is 9.30. The number of hydrogen-bond acceptors (Lipinski definition) is 2. The summed E-state index contributed by atoms with van der Waals surface area (Å²) in [4.78, 5) is 20.0. The first-order chi connectivity index (χ1) is 12.6. The van der Waals surface area contributed by atoms with Crippen molar-refractivity contribution in [3.63, 3.8) is 0 Å². The molecule has 1 amide bonds. The number of amides is 1. The zero-order valence-corrected chi connectivity index (χ0v) is 15.6. The summed E-state index contributed by atoms with van der Waals surface area (Å²) in [5.41, 5.74) is 4.28. The number of nitrogens with one attached hydrogen (secondary N) is 1. The third-order valence-electron chi connectivity index (χ3n) is 5.45. The van der Waals surface area contributed by atoms with Crippen LogP contribution in [0.2, 0.25) is 5.02 Å². The molecule has 130 valence electrons. The SMILES string of the molecule is CN1C(=O)C2Cc3c([nH]c4ccccc34)C(c3ccccc3Cl)N2C1=S. The maximum atomic E-state index is 12.8. The second kappa shape index (κ2) is 5.56. The second-order valence-corrected chi connectivity index (χ2v) is 7.57. The number of carbonyl (C=O) groups is 1. The highest BCUT2D eigenvalue weighted by Gasteiger charge is 2.49. The van der Waals surface area contributed by atoms with Crippen LogP contribution in [0.4, 0.5) is 0 Å². The Balaban J connectivity index is 1.81. The number of para-hydroxylation sites is 1. The van der Waals surface area contributed by atoms with E-state index in [0.29, 0.717) is 16.6 Å². The Morgan fingerprint density at radius 2 is 1.88 bits per heavy atom. The molecule has 1 N–H and O–H groups in total. The van der Waals surface area contributed by atoms with Gasteiger partial charge >= 0.3 is 0 Å². The molecule has 1 fully saturated rings. The van der Waals surface area contributed by atoms with Crippen LogP contribution in [-0.4, -0.2) is 38.9 Å². The third kappa shape index (κ3) is 2.01. The highest BCUT2D eigenvalue weighted by Crippen LogP contribution is 2.45. The van der Waals surface area contributed by atoms with Gasteiger partial charge in [0.15, 0.2) is 5.11 Å². The molecule has 2 atom stereocenters. The van der Waals surface area contributed by atoms with Crippen molar-refractivity contribution < 1.29 is 4.79 Å². The topological polar surface area (TPSA) is 39.3 Å². The number of halogens is 1. The van der Waals surface area contributed by atoms with Gasteiger partial charge in [0.1, 0.15) is 6.04 Å². The minimum absolute atomic E-state index is 0.0444. The number of benzene rings is 2. The molecule has 6 heteroatoms. The molecule has 0 radical (unpaired) electrons. The number of H-pyrrole nitrogens is 1. The molecule has 26 heavy (non-hydrogen) atoms. The second-order valence-electron chi connectivity index (χ2n) is 6.79. The van der Waals surface area contributed by atoms with Gasteiger partial charge in [0.2, 0.25) is 0 Å². The van der Waals surface area contributed by atoms with Crippen molar-refractivity contribution in [2.45, 2.75) is 18.5 Å². The largest absolute Gasteiger partial charge is 0.356 e. The highest BCUT2D eigenvalue weighted by atomic mass is 35.5. The normalized spacial score (nSPS) is 22.1. The van der Waals surface area contributed by atoms with Crippen molar-refractivity contribution in [2.75, 3.05) is 7.05 Å². The van der Waals surface area contributed by atoms with Gasteiger partial charge in [-0.25, -0.2) is 0 Å². The average Bonchev–Trinajstić information content (AvgIpc) is 3.12. The van der Waals surface area contributed by atoms with E-state index in [2.05, 4.69) is 17.1 Å². The summed E-state index contributed by atoms with van der Waals surface area (Å²) in [7, 11) is 1.75.